The molecule has 0 atom stereocenters. The Hall–Kier alpha value is -6.65. The predicted octanol–water partition coefficient (Wildman–Crippen LogP) is 12.4. The van der Waals surface area contributed by atoms with Crippen LogP contribution < -0.4 is 0 Å². The molecule has 0 saturated heterocycles. The molecule has 52 heavy (non-hydrogen) atoms. The summed E-state index contributed by atoms with van der Waals surface area (Å²) in [6.45, 7) is 4.64. The molecule has 0 bridgehead atoms. The molecule has 1 aliphatic carbocycles. The number of nitrogens with zero attached hydrogens (tertiary/aromatic N) is 3. The van der Waals surface area contributed by atoms with Crippen molar-refractivity contribution in [2.75, 3.05) is 0 Å². The average molecular weight is 668 g/mol. The molecule has 4 nitrogen and oxygen atoms in total. The van der Waals surface area contributed by atoms with Crippen molar-refractivity contribution >= 4 is 21.9 Å². The SMILES string of the molecule is CC1(C)c2ccc(-c3ccccc3-c3cccc(-c4nc(-c5ccccc5)nc(-c5ccccc5)n4)c3)cc2-c2c1ccc1c2oc2ccccc21. The Bertz CT molecular complexity index is 2760. The molecule has 0 aliphatic heterocycles. The van der Waals surface area contributed by atoms with Crippen molar-refractivity contribution in [3.05, 3.63) is 175 Å². The number of fused-ring (bicyclic) bond motifs is 7. The van der Waals surface area contributed by atoms with Gasteiger partial charge in [-0.1, -0.05) is 159 Å². The maximum atomic E-state index is 6.60. The molecule has 0 unspecified atom stereocenters. The summed E-state index contributed by atoms with van der Waals surface area (Å²) in [6.07, 6.45) is 0. The Morgan fingerprint density at radius 1 is 0.404 bits per heavy atom. The van der Waals surface area contributed by atoms with Crippen LogP contribution >= 0.6 is 0 Å². The van der Waals surface area contributed by atoms with E-state index in [1.165, 1.54) is 22.3 Å². The van der Waals surface area contributed by atoms with Crippen LogP contribution in [0.3, 0.4) is 0 Å². The number of para-hydroxylation sites is 1. The van der Waals surface area contributed by atoms with Gasteiger partial charge < -0.3 is 4.42 Å². The van der Waals surface area contributed by atoms with Gasteiger partial charge in [0.25, 0.3) is 0 Å². The van der Waals surface area contributed by atoms with Gasteiger partial charge in [0.1, 0.15) is 11.2 Å². The van der Waals surface area contributed by atoms with Crippen molar-refractivity contribution in [2.45, 2.75) is 19.3 Å². The van der Waals surface area contributed by atoms with E-state index in [1.54, 1.807) is 0 Å². The summed E-state index contributed by atoms with van der Waals surface area (Å²) < 4.78 is 6.60. The Morgan fingerprint density at radius 3 is 1.63 bits per heavy atom. The summed E-state index contributed by atoms with van der Waals surface area (Å²) in [5.74, 6) is 1.93. The van der Waals surface area contributed by atoms with Crippen LogP contribution in [0.25, 0.3) is 89.5 Å². The highest BCUT2D eigenvalue weighted by atomic mass is 16.3. The van der Waals surface area contributed by atoms with E-state index in [9.17, 15) is 0 Å². The molecule has 4 heteroatoms. The zero-order valence-corrected chi connectivity index (χ0v) is 28.8. The third-order valence-electron chi connectivity index (χ3n) is 10.6. The molecule has 7 aromatic carbocycles. The summed E-state index contributed by atoms with van der Waals surface area (Å²) in [5, 5.41) is 2.31. The van der Waals surface area contributed by atoms with E-state index in [2.05, 4.69) is 111 Å². The van der Waals surface area contributed by atoms with Crippen LogP contribution in [-0.4, -0.2) is 15.0 Å². The lowest BCUT2D eigenvalue weighted by Crippen LogP contribution is -2.14. The van der Waals surface area contributed by atoms with Crippen LogP contribution in [0.1, 0.15) is 25.0 Å². The lowest BCUT2D eigenvalue weighted by atomic mass is 9.82. The number of hydrogen-bond donors (Lipinski definition) is 0. The fourth-order valence-electron chi connectivity index (χ4n) is 7.94. The van der Waals surface area contributed by atoms with Gasteiger partial charge in [-0.05, 0) is 57.1 Å². The molecule has 0 radical (unpaired) electrons. The zero-order valence-electron chi connectivity index (χ0n) is 28.8. The van der Waals surface area contributed by atoms with Gasteiger partial charge in [0.2, 0.25) is 0 Å². The molecule has 0 amide bonds. The minimum Gasteiger partial charge on any atom is -0.455 e. The summed E-state index contributed by atoms with van der Waals surface area (Å²) in [5.41, 5.74) is 14.2. The molecule has 0 fully saturated rings. The number of benzene rings is 7. The van der Waals surface area contributed by atoms with Crippen LogP contribution in [0.15, 0.2) is 168 Å². The van der Waals surface area contributed by atoms with E-state index >= 15 is 0 Å². The van der Waals surface area contributed by atoms with Crippen LogP contribution in [0.5, 0.6) is 0 Å². The maximum Gasteiger partial charge on any atom is 0.164 e. The predicted molar refractivity (Wildman–Crippen MR) is 212 cm³/mol. The average Bonchev–Trinajstić information content (AvgIpc) is 3.70. The van der Waals surface area contributed by atoms with Crippen LogP contribution in [0, 0.1) is 0 Å². The first-order chi connectivity index (χ1) is 25.5. The van der Waals surface area contributed by atoms with Gasteiger partial charge in [-0.15, -0.1) is 0 Å². The van der Waals surface area contributed by atoms with E-state index < -0.39 is 0 Å². The normalized spacial score (nSPS) is 13.0. The van der Waals surface area contributed by atoms with Crippen molar-refractivity contribution in [3.8, 4) is 67.5 Å². The van der Waals surface area contributed by atoms with Gasteiger partial charge in [-0.2, -0.15) is 0 Å². The van der Waals surface area contributed by atoms with E-state index in [1.807, 2.05) is 66.7 Å². The molecule has 9 aromatic rings. The second kappa shape index (κ2) is 11.7. The molecule has 246 valence electrons. The van der Waals surface area contributed by atoms with E-state index in [0.717, 1.165) is 60.9 Å². The van der Waals surface area contributed by atoms with Crippen molar-refractivity contribution in [3.63, 3.8) is 0 Å². The van der Waals surface area contributed by atoms with Crippen LogP contribution in [0.2, 0.25) is 0 Å². The van der Waals surface area contributed by atoms with Crippen molar-refractivity contribution in [1.29, 1.82) is 0 Å². The Kier molecular flexibility index (Phi) is 6.80. The van der Waals surface area contributed by atoms with Gasteiger partial charge in [-0.3, -0.25) is 0 Å². The van der Waals surface area contributed by atoms with Gasteiger partial charge >= 0.3 is 0 Å². The van der Waals surface area contributed by atoms with Gasteiger partial charge in [-0.25, -0.2) is 15.0 Å². The van der Waals surface area contributed by atoms with Crippen molar-refractivity contribution in [2.24, 2.45) is 0 Å². The Morgan fingerprint density at radius 2 is 0.942 bits per heavy atom. The quantitative estimate of drug-likeness (QED) is 0.183. The van der Waals surface area contributed by atoms with Crippen molar-refractivity contribution < 1.29 is 4.42 Å². The lowest BCUT2D eigenvalue weighted by Gasteiger charge is -2.21. The number of hydrogen-bond acceptors (Lipinski definition) is 4. The maximum absolute atomic E-state index is 6.60. The first-order valence-corrected chi connectivity index (χ1v) is 17.7. The van der Waals surface area contributed by atoms with Crippen molar-refractivity contribution in [1.82, 2.24) is 15.0 Å². The molecule has 10 rings (SSSR count). The third-order valence-corrected chi connectivity index (χ3v) is 10.6. The highest BCUT2D eigenvalue weighted by molar-refractivity contribution is 6.12. The van der Waals surface area contributed by atoms with E-state index in [0.29, 0.717) is 17.5 Å². The number of aromatic nitrogens is 3. The van der Waals surface area contributed by atoms with Gasteiger partial charge in [0.15, 0.2) is 17.5 Å². The monoisotopic (exact) mass is 667 g/mol. The smallest absolute Gasteiger partial charge is 0.164 e. The summed E-state index contributed by atoms with van der Waals surface area (Å²) >= 11 is 0. The van der Waals surface area contributed by atoms with Crippen LogP contribution in [-0.2, 0) is 5.41 Å². The molecule has 0 N–H and O–H groups in total. The fourth-order valence-corrected chi connectivity index (χ4v) is 7.94. The summed E-state index contributed by atoms with van der Waals surface area (Å²) in [7, 11) is 0. The molecule has 2 heterocycles. The lowest BCUT2D eigenvalue weighted by molar-refractivity contribution is 0.653. The largest absolute Gasteiger partial charge is 0.455 e. The summed E-state index contributed by atoms with van der Waals surface area (Å²) in [6, 6.07) is 57.2. The minimum atomic E-state index is -0.147. The number of furan rings is 1. The molecule has 1 aliphatic rings. The zero-order chi connectivity index (χ0) is 34.8. The summed E-state index contributed by atoms with van der Waals surface area (Å²) in [4.78, 5) is 14.9. The van der Waals surface area contributed by atoms with Gasteiger partial charge in [0.05, 0.1) is 0 Å². The highest BCUT2D eigenvalue weighted by Crippen LogP contribution is 2.53. The van der Waals surface area contributed by atoms with Gasteiger partial charge in [0, 0.05) is 38.4 Å². The fraction of sp³-hybridized carbons (Fsp3) is 0.0625. The molecule has 0 spiro atoms. The Balaban J connectivity index is 1.10. The molecule has 2 aromatic heterocycles. The first kappa shape index (κ1) is 30.2. The van der Waals surface area contributed by atoms with E-state index in [-0.39, 0.29) is 5.41 Å². The minimum absolute atomic E-state index is 0.147. The second-order valence-electron chi connectivity index (χ2n) is 14.0. The topological polar surface area (TPSA) is 51.8 Å². The Labute approximate surface area is 302 Å². The standard InChI is InChI=1S/C48H33N3O/c1-48(2)40-26-24-33(29-39(40)43-41(48)27-25-38-37-22-11-12-23-42(37)52-44(38)43)36-21-10-9-20-35(36)32-18-13-19-34(28-32)47-50-45(30-14-5-3-6-15-30)49-46(51-47)31-16-7-4-8-17-31/h3-29H,1-2H3. The first-order valence-electron chi connectivity index (χ1n) is 17.7. The molecular formula is C48H33N3O. The third kappa shape index (κ3) is 4.79. The number of rotatable bonds is 5. The second-order valence-corrected chi connectivity index (χ2v) is 14.0. The van der Waals surface area contributed by atoms with E-state index in [4.69, 9.17) is 19.4 Å². The van der Waals surface area contributed by atoms with Crippen LogP contribution in [0.4, 0.5) is 0 Å². The highest BCUT2D eigenvalue weighted by Gasteiger charge is 2.38. The molecular weight excluding hydrogens is 635 g/mol. The molecule has 0 saturated carbocycles.